The number of likely N-dealkylation sites (N-methyl/N-ethyl adjacent to an activating group) is 1. The van der Waals surface area contributed by atoms with Crippen LogP contribution in [-0.4, -0.2) is 23.8 Å². The van der Waals surface area contributed by atoms with Crippen molar-refractivity contribution < 1.29 is 4.79 Å². The van der Waals surface area contributed by atoms with Gasteiger partial charge in [-0.1, -0.05) is 50.6 Å². The number of unbranched alkanes of at least 4 members (excludes halogenated alkanes) is 1. The smallest absolute Gasteiger partial charge is 0.146 e. The van der Waals surface area contributed by atoms with Crippen molar-refractivity contribution in [3.05, 3.63) is 35.9 Å². The minimum absolute atomic E-state index is 0.365. The Bertz CT molecular complexity index is 321. The van der Waals surface area contributed by atoms with E-state index >= 15 is 0 Å². The highest BCUT2D eigenvalue weighted by molar-refractivity contribution is 5.80. The molecule has 1 aromatic carbocycles. The van der Waals surface area contributed by atoms with Crippen molar-refractivity contribution in [1.29, 1.82) is 0 Å². The van der Waals surface area contributed by atoms with Crippen LogP contribution < -0.4 is 0 Å². The fourth-order valence-electron chi connectivity index (χ4n) is 1.82. The summed E-state index contributed by atoms with van der Waals surface area (Å²) in [5, 5.41) is 0. The SMILES string of the molecule is CCCCC(=O)CN(CC)Cc1ccccc1. The number of carbonyl (C=O) groups is 1. The Morgan fingerprint density at radius 1 is 1.18 bits per heavy atom. The maximum Gasteiger partial charge on any atom is 0.146 e. The molecule has 0 saturated heterocycles. The van der Waals surface area contributed by atoms with Crippen molar-refractivity contribution in [3.63, 3.8) is 0 Å². The van der Waals surface area contributed by atoms with E-state index in [4.69, 9.17) is 0 Å². The number of carbonyl (C=O) groups excluding carboxylic acids is 1. The van der Waals surface area contributed by atoms with Gasteiger partial charge in [-0.2, -0.15) is 0 Å². The molecular weight excluding hydrogens is 210 g/mol. The van der Waals surface area contributed by atoms with Gasteiger partial charge < -0.3 is 0 Å². The third-order valence-corrected chi connectivity index (χ3v) is 2.91. The molecule has 0 aliphatic heterocycles. The van der Waals surface area contributed by atoms with Crippen molar-refractivity contribution in [2.24, 2.45) is 0 Å². The molecule has 0 atom stereocenters. The number of Topliss-reactive ketones (excluding diaryl/α,β-unsaturated/α-hetero) is 1. The van der Waals surface area contributed by atoms with Gasteiger partial charge in [-0.3, -0.25) is 9.69 Å². The molecule has 0 unspecified atom stereocenters. The van der Waals surface area contributed by atoms with Crippen molar-refractivity contribution in [3.8, 4) is 0 Å². The zero-order valence-electron chi connectivity index (χ0n) is 11.0. The van der Waals surface area contributed by atoms with E-state index < -0.39 is 0 Å². The minimum Gasteiger partial charge on any atom is -0.298 e. The number of hydrogen-bond acceptors (Lipinski definition) is 2. The summed E-state index contributed by atoms with van der Waals surface area (Å²) in [5.41, 5.74) is 1.28. The van der Waals surface area contributed by atoms with Crippen LogP contribution >= 0.6 is 0 Å². The molecular formula is C15H23NO. The third kappa shape index (κ3) is 5.64. The fourth-order valence-corrected chi connectivity index (χ4v) is 1.82. The van der Waals surface area contributed by atoms with Crippen LogP contribution in [0.2, 0.25) is 0 Å². The summed E-state index contributed by atoms with van der Waals surface area (Å²) in [6.45, 7) is 6.61. The van der Waals surface area contributed by atoms with Crippen molar-refractivity contribution in [2.45, 2.75) is 39.7 Å². The second-order valence-corrected chi connectivity index (χ2v) is 4.43. The van der Waals surface area contributed by atoms with Crippen LogP contribution in [-0.2, 0) is 11.3 Å². The van der Waals surface area contributed by atoms with E-state index in [0.717, 1.165) is 32.4 Å². The second-order valence-electron chi connectivity index (χ2n) is 4.43. The van der Waals surface area contributed by atoms with E-state index in [0.29, 0.717) is 12.3 Å². The molecule has 94 valence electrons. The molecule has 0 spiro atoms. The summed E-state index contributed by atoms with van der Waals surface area (Å²) >= 11 is 0. The number of ketones is 1. The average Bonchev–Trinajstić information content (AvgIpc) is 2.36. The molecule has 0 heterocycles. The van der Waals surface area contributed by atoms with Gasteiger partial charge in [0, 0.05) is 13.0 Å². The van der Waals surface area contributed by atoms with Gasteiger partial charge in [-0.15, -0.1) is 0 Å². The summed E-state index contributed by atoms with van der Waals surface area (Å²) in [4.78, 5) is 13.9. The van der Waals surface area contributed by atoms with Gasteiger partial charge >= 0.3 is 0 Å². The Hall–Kier alpha value is -1.15. The molecule has 1 aromatic rings. The lowest BCUT2D eigenvalue weighted by atomic mass is 10.1. The number of benzene rings is 1. The van der Waals surface area contributed by atoms with Crippen LogP contribution in [0.3, 0.4) is 0 Å². The Kier molecular flexibility index (Phi) is 6.56. The number of nitrogens with zero attached hydrogens (tertiary/aromatic N) is 1. The molecule has 1 rings (SSSR count). The number of hydrogen-bond donors (Lipinski definition) is 0. The molecule has 17 heavy (non-hydrogen) atoms. The highest BCUT2D eigenvalue weighted by atomic mass is 16.1. The van der Waals surface area contributed by atoms with Crippen molar-refractivity contribution >= 4 is 5.78 Å². The lowest BCUT2D eigenvalue weighted by molar-refractivity contribution is -0.120. The molecule has 0 radical (unpaired) electrons. The van der Waals surface area contributed by atoms with E-state index in [1.54, 1.807) is 0 Å². The molecule has 0 bridgehead atoms. The van der Waals surface area contributed by atoms with Gasteiger partial charge in [-0.25, -0.2) is 0 Å². The molecule has 2 heteroatoms. The van der Waals surface area contributed by atoms with Gasteiger partial charge in [0.1, 0.15) is 5.78 Å². The first-order valence-electron chi connectivity index (χ1n) is 6.54. The molecule has 0 aromatic heterocycles. The Morgan fingerprint density at radius 3 is 2.47 bits per heavy atom. The largest absolute Gasteiger partial charge is 0.298 e. The van der Waals surface area contributed by atoms with Crippen LogP contribution in [0.1, 0.15) is 38.7 Å². The normalized spacial score (nSPS) is 10.8. The van der Waals surface area contributed by atoms with Crippen molar-refractivity contribution in [2.75, 3.05) is 13.1 Å². The van der Waals surface area contributed by atoms with Crippen LogP contribution in [0, 0.1) is 0 Å². The highest BCUT2D eigenvalue weighted by Gasteiger charge is 2.08. The van der Waals surface area contributed by atoms with Crippen LogP contribution in [0.25, 0.3) is 0 Å². The van der Waals surface area contributed by atoms with E-state index in [1.165, 1.54) is 5.56 Å². The van der Waals surface area contributed by atoms with Gasteiger partial charge in [0.15, 0.2) is 0 Å². The second kappa shape index (κ2) is 8.02. The Balaban J connectivity index is 2.41. The summed E-state index contributed by atoms with van der Waals surface area (Å²) < 4.78 is 0. The maximum atomic E-state index is 11.7. The molecule has 2 nitrogen and oxygen atoms in total. The van der Waals surface area contributed by atoms with Crippen molar-refractivity contribution in [1.82, 2.24) is 4.90 Å². The van der Waals surface area contributed by atoms with E-state index in [9.17, 15) is 4.79 Å². The monoisotopic (exact) mass is 233 g/mol. The van der Waals surface area contributed by atoms with Gasteiger partial charge in [-0.05, 0) is 18.5 Å². The van der Waals surface area contributed by atoms with Gasteiger partial charge in [0.05, 0.1) is 6.54 Å². The summed E-state index contributed by atoms with van der Waals surface area (Å²) in [5.74, 6) is 0.365. The van der Waals surface area contributed by atoms with Crippen LogP contribution in [0.5, 0.6) is 0 Å². The van der Waals surface area contributed by atoms with Crippen LogP contribution in [0.4, 0.5) is 0 Å². The number of rotatable bonds is 8. The molecule has 0 aliphatic rings. The first kappa shape index (κ1) is 13.9. The first-order chi connectivity index (χ1) is 8.26. The Labute approximate surface area is 105 Å². The highest BCUT2D eigenvalue weighted by Crippen LogP contribution is 2.05. The Morgan fingerprint density at radius 2 is 1.88 bits per heavy atom. The quantitative estimate of drug-likeness (QED) is 0.687. The fraction of sp³-hybridized carbons (Fsp3) is 0.533. The summed E-state index contributed by atoms with van der Waals surface area (Å²) in [6, 6.07) is 10.3. The van der Waals surface area contributed by atoms with Gasteiger partial charge in [0.25, 0.3) is 0 Å². The lowest BCUT2D eigenvalue weighted by Crippen LogP contribution is -2.29. The average molecular weight is 233 g/mol. The predicted molar refractivity (Wildman–Crippen MR) is 71.9 cm³/mol. The van der Waals surface area contributed by atoms with E-state index in [-0.39, 0.29) is 0 Å². The summed E-state index contributed by atoms with van der Waals surface area (Å²) in [6.07, 6.45) is 2.83. The zero-order valence-corrected chi connectivity index (χ0v) is 11.0. The molecule has 0 fully saturated rings. The van der Waals surface area contributed by atoms with E-state index in [2.05, 4.69) is 30.9 Å². The predicted octanol–water partition coefficient (Wildman–Crippen LogP) is 3.27. The van der Waals surface area contributed by atoms with Gasteiger partial charge in [0.2, 0.25) is 0 Å². The zero-order chi connectivity index (χ0) is 12.5. The molecule has 0 saturated carbocycles. The molecule has 0 aliphatic carbocycles. The molecule has 0 amide bonds. The summed E-state index contributed by atoms with van der Waals surface area (Å²) in [7, 11) is 0. The first-order valence-corrected chi connectivity index (χ1v) is 6.54. The molecule has 0 N–H and O–H groups in total. The maximum absolute atomic E-state index is 11.7. The lowest BCUT2D eigenvalue weighted by Gasteiger charge is -2.19. The van der Waals surface area contributed by atoms with E-state index in [1.807, 2.05) is 18.2 Å². The van der Waals surface area contributed by atoms with Crippen LogP contribution in [0.15, 0.2) is 30.3 Å². The third-order valence-electron chi connectivity index (χ3n) is 2.91. The standard InChI is InChI=1S/C15H23NO/c1-3-5-11-15(17)13-16(4-2)12-14-9-7-6-8-10-14/h6-10H,3-5,11-13H2,1-2H3. The topological polar surface area (TPSA) is 20.3 Å². The minimum atomic E-state index is 0.365.